The molecule has 1 fully saturated rings. The predicted molar refractivity (Wildman–Crippen MR) is 65.9 cm³/mol. The fraction of sp³-hybridized carbons (Fsp3) is 0.700. The number of nitrogens with zero attached hydrogens (tertiary/aromatic N) is 2. The van der Waals surface area contributed by atoms with Gasteiger partial charge in [-0.1, -0.05) is 11.6 Å². The summed E-state index contributed by atoms with van der Waals surface area (Å²) in [5.41, 5.74) is 0.227. The Balaban J connectivity index is 2.01. The van der Waals surface area contributed by atoms with Gasteiger partial charge in [-0.3, -0.25) is 0 Å². The average molecular weight is 246 g/mol. The van der Waals surface area contributed by atoms with Gasteiger partial charge in [-0.2, -0.15) is 0 Å². The molecule has 0 spiro atoms. The van der Waals surface area contributed by atoms with Crippen molar-refractivity contribution in [3.63, 3.8) is 0 Å². The van der Waals surface area contributed by atoms with Crippen LogP contribution in [0.5, 0.6) is 0 Å². The molecular formula is C10H16ClN3S. The third kappa shape index (κ3) is 2.62. The predicted octanol–water partition coefficient (Wildman–Crippen LogP) is 2.69. The van der Waals surface area contributed by atoms with E-state index in [0.29, 0.717) is 5.15 Å². The number of aromatic nitrogens is 1. The summed E-state index contributed by atoms with van der Waals surface area (Å²) >= 11 is 7.39. The molecule has 0 unspecified atom stereocenters. The first kappa shape index (κ1) is 11.2. The van der Waals surface area contributed by atoms with Gasteiger partial charge in [0.05, 0.1) is 5.54 Å². The fourth-order valence-corrected chi connectivity index (χ4v) is 3.03. The van der Waals surface area contributed by atoms with Gasteiger partial charge < -0.3 is 10.2 Å². The lowest BCUT2D eigenvalue weighted by atomic mass is 9.76. The first-order valence-corrected chi connectivity index (χ1v) is 6.39. The molecule has 0 saturated heterocycles. The van der Waals surface area contributed by atoms with E-state index < -0.39 is 0 Å². The highest BCUT2D eigenvalue weighted by Gasteiger charge is 2.37. The number of rotatable bonds is 4. The minimum Gasteiger partial charge on any atom is -0.355 e. The third-order valence-corrected chi connectivity index (χ3v) is 3.86. The topological polar surface area (TPSA) is 28.2 Å². The summed E-state index contributed by atoms with van der Waals surface area (Å²) in [6.07, 6.45) is 3.75. The highest BCUT2D eigenvalue weighted by atomic mass is 35.5. The van der Waals surface area contributed by atoms with Gasteiger partial charge in [0.1, 0.15) is 5.15 Å². The van der Waals surface area contributed by atoms with Gasteiger partial charge in [-0.25, -0.2) is 4.98 Å². The number of hydrogen-bond donors (Lipinski definition) is 1. The summed E-state index contributed by atoms with van der Waals surface area (Å²) < 4.78 is 0. The zero-order chi connectivity index (χ0) is 10.9. The van der Waals surface area contributed by atoms with Crippen molar-refractivity contribution in [2.45, 2.75) is 24.8 Å². The summed E-state index contributed by atoms with van der Waals surface area (Å²) in [5, 5.41) is 6.92. The van der Waals surface area contributed by atoms with Crippen molar-refractivity contribution in [1.82, 2.24) is 9.88 Å². The van der Waals surface area contributed by atoms with Crippen LogP contribution in [0.3, 0.4) is 0 Å². The van der Waals surface area contributed by atoms with Crippen LogP contribution in [-0.2, 0) is 0 Å². The lowest BCUT2D eigenvalue weighted by Gasteiger charge is -2.44. The maximum Gasteiger partial charge on any atom is 0.184 e. The minimum absolute atomic E-state index is 0.227. The minimum atomic E-state index is 0.227. The number of anilines is 1. The summed E-state index contributed by atoms with van der Waals surface area (Å²) in [6, 6.07) is 0. The number of nitrogens with one attached hydrogen (secondary N) is 1. The lowest BCUT2D eigenvalue weighted by molar-refractivity contribution is 0.205. The van der Waals surface area contributed by atoms with Crippen LogP contribution in [0, 0.1) is 0 Å². The summed E-state index contributed by atoms with van der Waals surface area (Å²) in [6.45, 7) is 1.06. The van der Waals surface area contributed by atoms with Gasteiger partial charge in [0.15, 0.2) is 5.13 Å². The van der Waals surface area contributed by atoms with E-state index in [1.54, 1.807) is 11.3 Å². The second-order valence-corrected chi connectivity index (χ2v) is 5.72. The van der Waals surface area contributed by atoms with Crippen molar-refractivity contribution in [2.24, 2.45) is 0 Å². The molecule has 1 N–H and O–H groups in total. The zero-order valence-electron chi connectivity index (χ0n) is 9.09. The Hall–Kier alpha value is -0.320. The monoisotopic (exact) mass is 245 g/mol. The molecule has 3 nitrogen and oxygen atoms in total. The number of hydrogen-bond acceptors (Lipinski definition) is 4. The second-order valence-electron chi connectivity index (χ2n) is 4.47. The molecule has 1 saturated carbocycles. The Morgan fingerprint density at radius 2 is 2.33 bits per heavy atom. The smallest absolute Gasteiger partial charge is 0.184 e. The Morgan fingerprint density at radius 1 is 1.60 bits per heavy atom. The van der Waals surface area contributed by atoms with E-state index in [4.69, 9.17) is 11.6 Å². The van der Waals surface area contributed by atoms with E-state index in [2.05, 4.69) is 29.3 Å². The van der Waals surface area contributed by atoms with Crippen LogP contribution in [0.25, 0.3) is 0 Å². The molecular weight excluding hydrogens is 230 g/mol. The normalized spacial score (nSPS) is 18.9. The molecule has 1 heterocycles. The summed E-state index contributed by atoms with van der Waals surface area (Å²) in [5.74, 6) is 0. The number of halogens is 1. The van der Waals surface area contributed by atoms with Crippen molar-refractivity contribution in [3.05, 3.63) is 10.5 Å². The standard InChI is InChI=1S/C10H16ClN3S/c1-14(2)7-10(4-3-5-10)13-9-12-8(11)6-15-9/h6H,3-5,7H2,1-2H3,(H,12,13). The van der Waals surface area contributed by atoms with Crippen LogP contribution in [0.15, 0.2) is 5.38 Å². The molecule has 0 bridgehead atoms. The second kappa shape index (κ2) is 4.28. The van der Waals surface area contributed by atoms with E-state index in [1.165, 1.54) is 19.3 Å². The van der Waals surface area contributed by atoms with Crippen LogP contribution in [0.2, 0.25) is 5.15 Å². The van der Waals surface area contributed by atoms with E-state index in [0.717, 1.165) is 11.7 Å². The van der Waals surface area contributed by atoms with Crippen LogP contribution in [-0.4, -0.2) is 36.1 Å². The zero-order valence-corrected chi connectivity index (χ0v) is 10.7. The quantitative estimate of drug-likeness (QED) is 0.884. The van der Waals surface area contributed by atoms with Gasteiger partial charge in [0.25, 0.3) is 0 Å². The molecule has 0 amide bonds. The first-order chi connectivity index (χ1) is 7.10. The first-order valence-electron chi connectivity index (χ1n) is 5.14. The van der Waals surface area contributed by atoms with Crippen molar-refractivity contribution >= 4 is 28.1 Å². The highest BCUT2D eigenvalue weighted by molar-refractivity contribution is 7.14. The van der Waals surface area contributed by atoms with Gasteiger partial charge in [-0.15, -0.1) is 11.3 Å². The van der Waals surface area contributed by atoms with Crippen LogP contribution in [0.4, 0.5) is 5.13 Å². The van der Waals surface area contributed by atoms with E-state index >= 15 is 0 Å². The molecule has 1 aromatic heterocycles. The Labute approximate surface area is 99.5 Å². The van der Waals surface area contributed by atoms with Gasteiger partial charge in [0.2, 0.25) is 0 Å². The van der Waals surface area contributed by atoms with Gasteiger partial charge in [-0.05, 0) is 33.4 Å². The van der Waals surface area contributed by atoms with E-state index in [9.17, 15) is 0 Å². The van der Waals surface area contributed by atoms with Crippen molar-refractivity contribution in [1.29, 1.82) is 0 Å². The van der Waals surface area contributed by atoms with E-state index in [1.807, 2.05) is 5.38 Å². The molecule has 5 heteroatoms. The van der Waals surface area contributed by atoms with E-state index in [-0.39, 0.29) is 5.54 Å². The molecule has 0 aliphatic heterocycles. The third-order valence-electron chi connectivity index (χ3n) is 2.78. The highest BCUT2D eigenvalue weighted by Crippen LogP contribution is 2.36. The molecule has 15 heavy (non-hydrogen) atoms. The van der Waals surface area contributed by atoms with Gasteiger partial charge in [0, 0.05) is 11.9 Å². The SMILES string of the molecule is CN(C)CC1(Nc2nc(Cl)cs2)CCC1. The molecule has 0 aromatic carbocycles. The summed E-state index contributed by atoms with van der Waals surface area (Å²) in [7, 11) is 4.22. The Kier molecular flexibility index (Phi) is 3.19. The molecule has 0 atom stereocenters. The van der Waals surface area contributed by atoms with Crippen molar-refractivity contribution in [2.75, 3.05) is 26.0 Å². The number of likely N-dealkylation sites (N-methyl/N-ethyl adjacent to an activating group) is 1. The fourth-order valence-electron chi connectivity index (χ4n) is 2.07. The number of thiazole rings is 1. The van der Waals surface area contributed by atoms with Gasteiger partial charge >= 0.3 is 0 Å². The lowest BCUT2D eigenvalue weighted by Crippen LogP contribution is -2.52. The molecule has 1 aliphatic carbocycles. The van der Waals surface area contributed by atoms with Crippen molar-refractivity contribution in [3.8, 4) is 0 Å². The molecule has 84 valence electrons. The summed E-state index contributed by atoms with van der Waals surface area (Å²) in [4.78, 5) is 6.46. The molecule has 1 aliphatic rings. The molecule has 0 radical (unpaired) electrons. The average Bonchev–Trinajstić information content (AvgIpc) is 2.46. The molecule has 2 rings (SSSR count). The van der Waals surface area contributed by atoms with Crippen molar-refractivity contribution < 1.29 is 0 Å². The Morgan fingerprint density at radius 3 is 2.73 bits per heavy atom. The Bertz CT molecular complexity index is 333. The van der Waals surface area contributed by atoms with Crippen LogP contribution in [0.1, 0.15) is 19.3 Å². The largest absolute Gasteiger partial charge is 0.355 e. The van der Waals surface area contributed by atoms with Crippen LogP contribution >= 0.6 is 22.9 Å². The maximum absolute atomic E-state index is 5.81. The maximum atomic E-state index is 5.81. The molecule has 1 aromatic rings. The van der Waals surface area contributed by atoms with Crippen LogP contribution < -0.4 is 5.32 Å².